The number of rotatable bonds is 8. The summed E-state index contributed by atoms with van der Waals surface area (Å²) in [6.07, 6.45) is 5.75. The molecule has 0 amide bonds. The summed E-state index contributed by atoms with van der Waals surface area (Å²) in [5, 5.41) is 0.853. The molecule has 33 heavy (non-hydrogen) atoms. The minimum absolute atomic E-state index is 0.237. The van der Waals surface area contributed by atoms with Crippen LogP contribution in [0.15, 0.2) is 63.8 Å². The van der Waals surface area contributed by atoms with Crippen molar-refractivity contribution >= 4 is 16.7 Å². The van der Waals surface area contributed by atoms with Gasteiger partial charge in [-0.1, -0.05) is 18.2 Å². The number of ether oxygens (including phenoxy) is 2. The maximum absolute atomic E-state index is 11.7. The Kier molecular flexibility index (Phi) is 6.81. The van der Waals surface area contributed by atoms with E-state index in [4.69, 9.17) is 13.9 Å². The molecule has 1 aliphatic heterocycles. The van der Waals surface area contributed by atoms with Gasteiger partial charge in [-0.2, -0.15) is 0 Å². The molecular weight excluding hydrogens is 416 g/mol. The fraction of sp³-hybridized carbons (Fsp3) is 0.444. The predicted octanol–water partition coefficient (Wildman–Crippen LogP) is 4.71. The van der Waals surface area contributed by atoms with Gasteiger partial charge in [-0.05, 0) is 56.4 Å². The van der Waals surface area contributed by atoms with Gasteiger partial charge >= 0.3 is 5.63 Å². The fourth-order valence-electron chi connectivity index (χ4n) is 4.81. The van der Waals surface area contributed by atoms with Gasteiger partial charge in [0, 0.05) is 55.9 Å². The highest BCUT2D eigenvalue weighted by molar-refractivity contribution is 5.80. The second-order valence-corrected chi connectivity index (χ2v) is 8.98. The molecule has 5 rings (SSSR count). The van der Waals surface area contributed by atoms with Crippen LogP contribution in [-0.4, -0.2) is 50.3 Å². The molecule has 0 N–H and O–H groups in total. The van der Waals surface area contributed by atoms with Crippen molar-refractivity contribution in [3.8, 4) is 11.5 Å². The molecule has 2 fully saturated rings. The maximum atomic E-state index is 11.7. The SMILES string of the molecule is O=c1ccc2cc(OC3CCCC3)c(OCCCN3CCN(c4ccccc4)CC3)cc2o1. The first-order chi connectivity index (χ1) is 16.2. The Morgan fingerprint density at radius 3 is 2.48 bits per heavy atom. The van der Waals surface area contributed by atoms with Crippen LogP contribution in [0.25, 0.3) is 11.0 Å². The topological polar surface area (TPSA) is 55.2 Å². The van der Waals surface area contributed by atoms with E-state index < -0.39 is 0 Å². The van der Waals surface area contributed by atoms with Crippen molar-refractivity contribution in [2.24, 2.45) is 0 Å². The smallest absolute Gasteiger partial charge is 0.336 e. The van der Waals surface area contributed by atoms with Crippen molar-refractivity contribution in [1.82, 2.24) is 4.90 Å². The monoisotopic (exact) mass is 448 g/mol. The number of para-hydroxylation sites is 1. The lowest BCUT2D eigenvalue weighted by atomic mass is 10.2. The number of fused-ring (bicyclic) bond motifs is 1. The van der Waals surface area contributed by atoms with Crippen molar-refractivity contribution < 1.29 is 13.9 Å². The zero-order valence-corrected chi connectivity index (χ0v) is 19.1. The third-order valence-corrected chi connectivity index (χ3v) is 6.65. The molecule has 1 saturated carbocycles. The lowest BCUT2D eigenvalue weighted by Crippen LogP contribution is -2.46. The minimum atomic E-state index is -0.354. The van der Waals surface area contributed by atoms with Gasteiger partial charge in [-0.3, -0.25) is 4.90 Å². The van der Waals surface area contributed by atoms with Crippen LogP contribution in [0, 0.1) is 0 Å². The van der Waals surface area contributed by atoms with Gasteiger partial charge in [0.05, 0.1) is 12.7 Å². The summed E-state index contributed by atoms with van der Waals surface area (Å²) >= 11 is 0. The van der Waals surface area contributed by atoms with E-state index >= 15 is 0 Å². The lowest BCUT2D eigenvalue weighted by molar-refractivity contribution is 0.189. The van der Waals surface area contributed by atoms with E-state index in [1.165, 1.54) is 24.6 Å². The Hall–Kier alpha value is -2.99. The summed E-state index contributed by atoms with van der Waals surface area (Å²) in [6, 6.07) is 17.6. The lowest BCUT2D eigenvalue weighted by Gasteiger charge is -2.36. The summed E-state index contributed by atoms with van der Waals surface area (Å²) in [7, 11) is 0. The zero-order chi connectivity index (χ0) is 22.5. The molecule has 174 valence electrons. The molecule has 0 bridgehead atoms. The first kappa shape index (κ1) is 21.8. The van der Waals surface area contributed by atoms with Gasteiger partial charge in [-0.15, -0.1) is 0 Å². The predicted molar refractivity (Wildman–Crippen MR) is 131 cm³/mol. The normalized spacial score (nSPS) is 17.5. The molecule has 2 heterocycles. The van der Waals surface area contributed by atoms with Crippen LogP contribution < -0.4 is 20.0 Å². The van der Waals surface area contributed by atoms with Crippen LogP contribution in [0.3, 0.4) is 0 Å². The maximum Gasteiger partial charge on any atom is 0.336 e. The Labute approximate surface area is 194 Å². The summed E-state index contributed by atoms with van der Waals surface area (Å²) in [4.78, 5) is 16.6. The summed E-state index contributed by atoms with van der Waals surface area (Å²) in [5.41, 5.74) is 1.49. The van der Waals surface area contributed by atoms with Crippen molar-refractivity contribution in [2.45, 2.75) is 38.2 Å². The minimum Gasteiger partial charge on any atom is -0.490 e. The highest BCUT2D eigenvalue weighted by atomic mass is 16.5. The van der Waals surface area contributed by atoms with Crippen molar-refractivity contribution in [1.29, 1.82) is 0 Å². The van der Waals surface area contributed by atoms with Gasteiger partial charge in [0.25, 0.3) is 0 Å². The van der Waals surface area contributed by atoms with Crippen molar-refractivity contribution in [3.05, 3.63) is 65.0 Å². The molecule has 3 aromatic rings. The average Bonchev–Trinajstić information content (AvgIpc) is 3.36. The van der Waals surface area contributed by atoms with Crippen LogP contribution in [-0.2, 0) is 0 Å². The van der Waals surface area contributed by atoms with Gasteiger partial charge in [-0.25, -0.2) is 4.79 Å². The molecule has 0 unspecified atom stereocenters. The van der Waals surface area contributed by atoms with Gasteiger partial charge in [0.15, 0.2) is 11.5 Å². The van der Waals surface area contributed by atoms with E-state index in [1.54, 1.807) is 12.1 Å². The standard InChI is InChI=1S/C27H32N2O4/c30-27-12-11-21-19-26(32-23-9-4-5-10-23)25(20-24(21)33-27)31-18-6-13-28-14-16-29(17-15-28)22-7-2-1-3-8-22/h1-3,7-8,11-12,19-20,23H,4-6,9-10,13-18H2. The Morgan fingerprint density at radius 1 is 0.909 bits per heavy atom. The Morgan fingerprint density at radius 2 is 1.70 bits per heavy atom. The highest BCUT2D eigenvalue weighted by Crippen LogP contribution is 2.35. The van der Waals surface area contributed by atoms with Crippen LogP contribution in [0.2, 0.25) is 0 Å². The van der Waals surface area contributed by atoms with Crippen LogP contribution >= 0.6 is 0 Å². The van der Waals surface area contributed by atoms with E-state index in [1.807, 2.05) is 6.07 Å². The van der Waals surface area contributed by atoms with E-state index in [9.17, 15) is 4.79 Å². The van der Waals surface area contributed by atoms with Crippen molar-refractivity contribution in [2.75, 3.05) is 44.2 Å². The van der Waals surface area contributed by atoms with Gasteiger partial charge in [0.1, 0.15) is 5.58 Å². The number of hydrogen-bond donors (Lipinski definition) is 0. The van der Waals surface area contributed by atoms with Gasteiger partial charge in [0.2, 0.25) is 0 Å². The fourth-order valence-corrected chi connectivity index (χ4v) is 4.81. The zero-order valence-electron chi connectivity index (χ0n) is 19.1. The number of anilines is 1. The third-order valence-electron chi connectivity index (χ3n) is 6.65. The Balaban J connectivity index is 1.16. The number of nitrogens with zero attached hydrogens (tertiary/aromatic N) is 2. The van der Waals surface area contributed by atoms with Crippen LogP contribution in [0.1, 0.15) is 32.1 Å². The molecule has 6 nitrogen and oxygen atoms in total. The molecule has 2 aromatic carbocycles. The van der Waals surface area contributed by atoms with E-state index in [2.05, 4.69) is 40.1 Å². The Bertz CT molecular complexity index is 1100. The number of benzene rings is 2. The summed E-state index contributed by atoms with van der Waals surface area (Å²) < 4.78 is 17.8. The molecule has 0 spiro atoms. The van der Waals surface area contributed by atoms with Crippen molar-refractivity contribution in [3.63, 3.8) is 0 Å². The average molecular weight is 449 g/mol. The van der Waals surface area contributed by atoms with Gasteiger partial charge < -0.3 is 18.8 Å². The summed E-state index contributed by atoms with van der Waals surface area (Å²) in [5.74, 6) is 1.41. The van der Waals surface area contributed by atoms with Crippen LogP contribution in [0.4, 0.5) is 5.69 Å². The molecule has 2 aliphatic rings. The molecular formula is C27H32N2O4. The van der Waals surface area contributed by atoms with E-state index in [-0.39, 0.29) is 11.7 Å². The molecule has 6 heteroatoms. The second kappa shape index (κ2) is 10.3. The number of hydrogen-bond acceptors (Lipinski definition) is 6. The highest BCUT2D eigenvalue weighted by Gasteiger charge is 2.20. The first-order valence-electron chi connectivity index (χ1n) is 12.1. The molecule has 1 aromatic heterocycles. The third kappa shape index (κ3) is 5.50. The van der Waals surface area contributed by atoms with Crippen LogP contribution in [0.5, 0.6) is 11.5 Å². The molecule has 0 radical (unpaired) electrons. The second-order valence-electron chi connectivity index (χ2n) is 8.98. The summed E-state index contributed by atoms with van der Waals surface area (Å²) in [6.45, 7) is 5.83. The largest absolute Gasteiger partial charge is 0.490 e. The van der Waals surface area contributed by atoms with E-state index in [0.717, 1.165) is 63.1 Å². The molecule has 1 saturated heterocycles. The van der Waals surface area contributed by atoms with E-state index in [0.29, 0.717) is 17.9 Å². The quantitative estimate of drug-likeness (QED) is 0.368. The molecule has 1 aliphatic carbocycles. The molecule has 0 atom stereocenters. The number of piperazine rings is 1. The first-order valence-corrected chi connectivity index (χ1v) is 12.1.